The van der Waals surface area contributed by atoms with Gasteiger partial charge in [0.15, 0.2) is 0 Å². The lowest BCUT2D eigenvalue weighted by Crippen LogP contribution is -2.33. The number of halogens is 2. The molecular formula is C12H17F2NO. The fraction of sp³-hybridized carbons (Fsp3) is 0.500. The van der Waals surface area contributed by atoms with Crippen molar-refractivity contribution in [1.29, 1.82) is 0 Å². The average molecular weight is 229 g/mol. The van der Waals surface area contributed by atoms with E-state index in [1.54, 1.807) is 0 Å². The van der Waals surface area contributed by atoms with Crippen molar-refractivity contribution in [3.05, 3.63) is 35.4 Å². The third kappa shape index (κ3) is 3.87. The lowest BCUT2D eigenvalue weighted by molar-refractivity contribution is -0.00439. The number of aliphatic hydroxyl groups is 1. The van der Waals surface area contributed by atoms with Crippen molar-refractivity contribution in [2.75, 3.05) is 6.54 Å². The molecule has 2 atom stereocenters. The second-order valence-electron chi connectivity index (χ2n) is 3.95. The first-order valence-corrected chi connectivity index (χ1v) is 5.27. The maximum atomic E-state index is 12.1. The Labute approximate surface area is 94.3 Å². The Morgan fingerprint density at radius 3 is 2.62 bits per heavy atom. The van der Waals surface area contributed by atoms with E-state index in [9.17, 15) is 8.78 Å². The lowest BCUT2D eigenvalue weighted by Gasteiger charge is -2.17. The highest BCUT2D eigenvalue weighted by Gasteiger charge is 2.17. The molecule has 0 spiro atoms. The highest BCUT2D eigenvalue weighted by molar-refractivity contribution is 5.24. The van der Waals surface area contributed by atoms with Gasteiger partial charge in [-0.05, 0) is 19.4 Å². The number of alkyl halides is 2. The number of aryl methyl sites for hydroxylation is 1. The van der Waals surface area contributed by atoms with Crippen molar-refractivity contribution in [2.45, 2.75) is 32.4 Å². The molecule has 0 radical (unpaired) electrons. The fourth-order valence-electron chi connectivity index (χ4n) is 1.44. The predicted octanol–water partition coefficient (Wildman–Crippen LogP) is 2.27. The molecule has 0 aliphatic rings. The molecule has 0 saturated heterocycles. The van der Waals surface area contributed by atoms with Gasteiger partial charge in [-0.15, -0.1) is 0 Å². The smallest absolute Gasteiger partial charge is 0.265 e. The Bertz CT molecular complexity index is 331. The number of hydrogen-bond acceptors (Lipinski definition) is 2. The van der Waals surface area contributed by atoms with Crippen molar-refractivity contribution in [1.82, 2.24) is 5.32 Å². The maximum Gasteiger partial charge on any atom is 0.265 e. The van der Waals surface area contributed by atoms with Gasteiger partial charge in [0, 0.05) is 12.6 Å². The molecule has 2 unspecified atom stereocenters. The minimum absolute atomic E-state index is 0.0479. The van der Waals surface area contributed by atoms with Crippen LogP contribution in [0.1, 0.15) is 24.1 Å². The molecule has 0 aliphatic carbocycles. The molecule has 90 valence electrons. The Morgan fingerprint density at radius 2 is 2.06 bits per heavy atom. The first-order valence-electron chi connectivity index (χ1n) is 5.27. The van der Waals surface area contributed by atoms with Gasteiger partial charge in [-0.2, -0.15) is 0 Å². The zero-order valence-electron chi connectivity index (χ0n) is 9.45. The van der Waals surface area contributed by atoms with Crippen LogP contribution in [0.15, 0.2) is 24.3 Å². The van der Waals surface area contributed by atoms with Crippen LogP contribution < -0.4 is 5.32 Å². The molecule has 16 heavy (non-hydrogen) atoms. The van der Waals surface area contributed by atoms with E-state index in [4.69, 9.17) is 5.11 Å². The van der Waals surface area contributed by atoms with Gasteiger partial charge >= 0.3 is 0 Å². The van der Waals surface area contributed by atoms with E-state index in [1.165, 1.54) is 0 Å². The average Bonchev–Trinajstić information content (AvgIpc) is 2.25. The second kappa shape index (κ2) is 5.92. The molecule has 1 aromatic rings. The largest absolute Gasteiger partial charge is 0.386 e. The second-order valence-corrected chi connectivity index (χ2v) is 3.95. The van der Waals surface area contributed by atoms with Crippen LogP contribution in [-0.4, -0.2) is 24.2 Å². The summed E-state index contributed by atoms with van der Waals surface area (Å²) in [6, 6.07) is 7.77. The molecule has 0 heterocycles. The molecule has 1 aromatic carbocycles. The molecule has 0 amide bonds. The normalized spacial score (nSPS) is 15.1. The molecule has 0 aliphatic heterocycles. The van der Waals surface area contributed by atoms with Crippen molar-refractivity contribution in [3.63, 3.8) is 0 Å². The highest BCUT2D eigenvalue weighted by Crippen LogP contribution is 2.13. The van der Waals surface area contributed by atoms with Gasteiger partial charge in [-0.25, -0.2) is 8.78 Å². The number of aliphatic hydroxyl groups excluding tert-OH is 1. The fourth-order valence-corrected chi connectivity index (χ4v) is 1.44. The van der Waals surface area contributed by atoms with E-state index in [0.717, 1.165) is 11.1 Å². The molecule has 0 bridgehead atoms. The van der Waals surface area contributed by atoms with Crippen LogP contribution >= 0.6 is 0 Å². The zero-order valence-corrected chi connectivity index (χ0v) is 9.45. The van der Waals surface area contributed by atoms with E-state index >= 15 is 0 Å². The number of benzene rings is 1. The summed E-state index contributed by atoms with van der Waals surface area (Å²) in [5.41, 5.74) is 2.15. The Balaban J connectivity index is 2.49. The maximum absolute atomic E-state index is 12.1. The summed E-state index contributed by atoms with van der Waals surface area (Å²) in [5, 5.41) is 11.8. The molecular weight excluding hydrogens is 212 g/mol. The molecule has 0 fully saturated rings. The standard InChI is InChI=1S/C12H17F2NO/c1-8-4-3-5-10(6-8)9(2)15-7-11(16)12(13)14/h3-6,9,11-12,15-16H,7H2,1-2H3. The molecule has 2 N–H and O–H groups in total. The van der Waals surface area contributed by atoms with Gasteiger partial charge in [-0.1, -0.05) is 29.8 Å². The number of rotatable bonds is 5. The summed E-state index contributed by atoms with van der Waals surface area (Å²) in [5.74, 6) is 0. The summed E-state index contributed by atoms with van der Waals surface area (Å²) in [6.07, 6.45) is -4.30. The minimum atomic E-state index is -2.70. The van der Waals surface area contributed by atoms with Crippen molar-refractivity contribution < 1.29 is 13.9 Å². The van der Waals surface area contributed by atoms with Crippen LogP contribution in [-0.2, 0) is 0 Å². The number of hydrogen-bond donors (Lipinski definition) is 2. The van der Waals surface area contributed by atoms with Crippen LogP contribution in [0.5, 0.6) is 0 Å². The van der Waals surface area contributed by atoms with Crippen LogP contribution in [0.25, 0.3) is 0 Å². The molecule has 0 saturated carbocycles. The summed E-state index contributed by atoms with van der Waals surface area (Å²) in [7, 11) is 0. The summed E-state index contributed by atoms with van der Waals surface area (Å²) >= 11 is 0. The Hall–Kier alpha value is -1.00. The minimum Gasteiger partial charge on any atom is -0.386 e. The van der Waals surface area contributed by atoms with E-state index < -0.39 is 12.5 Å². The van der Waals surface area contributed by atoms with E-state index in [0.29, 0.717) is 0 Å². The van der Waals surface area contributed by atoms with Gasteiger partial charge in [0.05, 0.1) is 0 Å². The quantitative estimate of drug-likeness (QED) is 0.811. The topological polar surface area (TPSA) is 32.3 Å². The van der Waals surface area contributed by atoms with Crippen LogP contribution in [0.4, 0.5) is 8.78 Å². The zero-order chi connectivity index (χ0) is 12.1. The predicted molar refractivity (Wildman–Crippen MR) is 59.6 cm³/mol. The molecule has 2 nitrogen and oxygen atoms in total. The SMILES string of the molecule is Cc1cccc(C(C)NCC(O)C(F)F)c1. The van der Waals surface area contributed by atoms with Gasteiger partial charge < -0.3 is 10.4 Å². The lowest BCUT2D eigenvalue weighted by atomic mass is 10.1. The number of nitrogens with one attached hydrogen (secondary N) is 1. The monoisotopic (exact) mass is 229 g/mol. The first-order chi connectivity index (χ1) is 7.50. The molecule has 4 heteroatoms. The molecule has 1 rings (SSSR count). The van der Waals surface area contributed by atoms with Crippen molar-refractivity contribution in [2.24, 2.45) is 0 Å². The Kier molecular flexibility index (Phi) is 4.83. The van der Waals surface area contributed by atoms with E-state index in [1.807, 2.05) is 38.1 Å². The van der Waals surface area contributed by atoms with Gasteiger partial charge in [0.25, 0.3) is 6.43 Å². The summed E-state index contributed by atoms with van der Waals surface area (Å²) in [4.78, 5) is 0. The van der Waals surface area contributed by atoms with Crippen LogP contribution in [0.3, 0.4) is 0 Å². The van der Waals surface area contributed by atoms with Crippen molar-refractivity contribution >= 4 is 0 Å². The third-order valence-corrected chi connectivity index (χ3v) is 2.47. The van der Waals surface area contributed by atoms with Gasteiger partial charge in [0.1, 0.15) is 6.10 Å². The molecule has 0 aromatic heterocycles. The highest BCUT2D eigenvalue weighted by atomic mass is 19.3. The van der Waals surface area contributed by atoms with E-state index in [-0.39, 0.29) is 12.6 Å². The third-order valence-electron chi connectivity index (χ3n) is 2.47. The summed E-state index contributed by atoms with van der Waals surface area (Å²) in [6.45, 7) is 3.75. The summed E-state index contributed by atoms with van der Waals surface area (Å²) < 4.78 is 24.1. The van der Waals surface area contributed by atoms with Crippen LogP contribution in [0.2, 0.25) is 0 Å². The van der Waals surface area contributed by atoms with Crippen molar-refractivity contribution in [3.8, 4) is 0 Å². The Morgan fingerprint density at radius 1 is 1.38 bits per heavy atom. The first kappa shape index (κ1) is 13.1. The van der Waals surface area contributed by atoms with Gasteiger partial charge in [-0.3, -0.25) is 0 Å². The van der Waals surface area contributed by atoms with E-state index in [2.05, 4.69) is 5.32 Å². The van der Waals surface area contributed by atoms with Gasteiger partial charge in [0.2, 0.25) is 0 Å². The van der Waals surface area contributed by atoms with Crippen LogP contribution in [0, 0.1) is 6.92 Å².